The summed E-state index contributed by atoms with van der Waals surface area (Å²) in [5.41, 5.74) is 1.98. The molecule has 0 aliphatic heterocycles. The van der Waals surface area contributed by atoms with E-state index < -0.39 is 4.92 Å². The van der Waals surface area contributed by atoms with Crippen LogP contribution in [-0.4, -0.2) is 17.0 Å². The zero-order valence-corrected chi connectivity index (χ0v) is 12.2. The molecule has 0 saturated heterocycles. The van der Waals surface area contributed by atoms with Crippen molar-refractivity contribution in [2.24, 2.45) is 0 Å². The highest BCUT2D eigenvalue weighted by Gasteiger charge is 2.18. The fourth-order valence-corrected chi connectivity index (χ4v) is 2.13. The van der Waals surface area contributed by atoms with Gasteiger partial charge in [-0.25, -0.2) is 4.98 Å². The Hall–Kier alpha value is -2.63. The molecular weight excluding hydrogens is 270 g/mol. The smallest absolute Gasteiger partial charge is 0.311 e. The number of aryl methyl sites for hydroxylation is 1. The van der Waals surface area contributed by atoms with Crippen molar-refractivity contribution in [2.75, 3.05) is 12.4 Å². The van der Waals surface area contributed by atoms with Crippen LogP contribution >= 0.6 is 0 Å². The molecule has 1 atom stereocenters. The molecule has 0 radical (unpaired) electrons. The van der Waals surface area contributed by atoms with Crippen molar-refractivity contribution in [3.05, 3.63) is 57.8 Å². The molecule has 0 amide bonds. The third-order valence-corrected chi connectivity index (χ3v) is 3.19. The third-order valence-electron chi connectivity index (χ3n) is 3.19. The van der Waals surface area contributed by atoms with Crippen LogP contribution in [0.5, 0.6) is 5.75 Å². The van der Waals surface area contributed by atoms with Gasteiger partial charge in [0.2, 0.25) is 5.82 Å². The van der Waals surface area contributed by atoms with Gasteiger partial charge < -0.3 is 10.1 Å². The molecule has 0 spiro atoms. The standard InChI is InChI=1S/C15H17N3O3/c1-10-6-7-14(21-3)12(9-10)11(2)17-15-13(18(19)20)5-4-8-16-15/h4-9,11H,1-3H3,(H,16,17). The molecule has 6 nitrogen and oxygen atoms in total. The average molecular weight is 287 g/mol. The van der Waals surface area contributed by atoms with Crippen molar-refractivity contribution in [3.8, 4) is 5.75 Å². The Morgan fingerprint density at radius 2 is 2.14 bits per heavy atom. The summed E-state index contributed by atoms with van der Waals surface area (Å²) >= 11 is 0. The lowest BCUT2D eigenvalue weighted by molar-refractivity contribution is -0.384. The Morgan fingerprint density at radius 3 is 2.81 bits per heavy atom. The molecule has 1 unspecified atom stereocenters. The summed E-state index contributed by atoms with van der Waals surface area (Å²) in [7, 11) is 1.60. The highest BCUT2D eigenvalue weighted by Crippen LogP contribution is 2.30. The molecule has 0 aliphatic rings. The van der Waals surface area contributed by atoms with Gasteiger partial charge in [0.1, 0.15) is 5.75 Å². The molecule has 1 aromatic heterocycles. The Labute approximate surface area is 122 Å². The summed E-state index contributed by atoms with van der Waals surface area (Å²) in [6, 6.07) is 8.63. The van der Waals surface area contributed by atoms with E-state index in [4.69, 9.17) is 4.74 Å². The summed E-state index contributed by atoms with van der Waals surface area (Å²) in [5, 5.41) is 14.1. The highest BCUT2D eigenvalue weighted by atomic mass is 16.6. The van der Waals surface area contributed by atoms with Crippen molar-refractivity contribution < 1.29 is 9.66 Å². The van der Waals surface area contributed by atoms with E-state index in [2.05, 4.69) is 10.3 Å². The van der Waals surface area contributed by atoms with Gasteiger partial charge in [0.15, 0.2) is 0 Å². The highest BCUT2D eigenvalue weighted by molar-refractivity contribution is 5.57. The number of hydrogen-bond acceptors (Lipinski definition) is 5. The van der Waals surface area contributed by atoms with Crippen molar-refractivity contribution in [2.45, 2.75) is 19.9 Å². The second kappa shape index (κ2) is 6.21. The monoisotopic (exact) mass is 287 g/mol. The molecule has 0 saturated carbocycles. The molecule has 1 aromatic carbocycles. The van der Waals surface area contributed by atoms with Gasteiger partial charge in [0.25, 0.3) is 0 Å². The number of nitrogens with one attached hydrogen (secondary N) is 1. The lowest BCUT2D eigenvalue weighted by Gasteiger charge is -2.18. The minimum absolute atomic E-state index is 0.0454. The van der Waals surface area contributed by atoms with Crippen LogP contribution in [0.1, 0.15) is 24.1 Å². The number of hydrogen-bond donors (Lipinski definition) is 1. The topological polar surface area (TPSA) is 77.3 Å². The summed E-state index contributed by atoms with van der Waals surface area (Å²) in [6.45, 7) is 3.90. The minimum atomic E-state index is -0.449. The van der Waals surface area contributed by atoms with E-state index in [1.165, 1.54) is 12.3 Å². The molecule has 2 aromatic rings. The SMILES string of the molecule is COc1ccc(C)cc1C(C)Nc1ncccc1[N+](=O)[O-]. The molecule has 1 heterocycles. The van der Waals surface area contributed by atoms with E-state index in [0.29, 0.717) is 0 Å². The van der Waals surface area contributed by atoms with Crippen LogP contribution in [0, 0.1) is 17.0 Å². The Kier molecular flexibility index (Phi) is 4.37. The van der Waals surface area contributed by atoms with E-state index in [1.807, 2.05) is 32.0 Å². The lowest BCUT2D eigenvalue weighted by Crippen LogP contribution is -2.11. The molecule has 2 rings (SSSR count). The quantitative estimate of drug-likeness (QED) is 0.673. The van der Waals surface area contributed by atoms with Crippen LogP contribution in [0.15, 0.2) is 36.5 Å². The summed E-state index contributed by atoms with van der Waals surface area (Å²) in [4.78, 5) is 14.6. The van der Waals surface area contributed by atoms with Gasteiger partial charge in [-0.3, -0.25) is 10.1 Å². The molecule has 110 valence electrons. The molecule has 0 aliphatic carbocycles. The van der Waals surface area contributed by atoms with Crippen LogP contribution in [0.25, 0.3) is 0 Å². The van der Waals surface area contributed by atoms with Gasteiger partial charge in [-0.1, -0.05) is 17.7 Å². The number of benzene rings is 1. The van der Waals surface area contributed by atoms with Gasteiger partial charge in [0, 0.05) is 17.8 Å². The number of pyridine rings is 1. The molecular formula is C15H17N3O3. The van der Waals surface area contributed by atoms with Crippen LogP contribution < -0.4 is 10.1 Å². The van der Waals surface area contributed by atoms with Crippen LogP contribution in [0.2, 0.25) is 0 Å². The zero-order valence-electron chi connectivity index (χ0n) is 12.2. The van der Waals surface area contributed by atoms with Crippen molar-refractivity contribution in [3.63, 3.8) is 0 Å². The Balaban J connectivity index is 2.32. The van der Waals surface area contributed by atoms with Crippen LogP contribution in [0.3, 0.4) is 0 Å². The number of nitro groups is 1. The number of aromatic nitrogens is 1. The molecule has 6 heteroatoms. The van der Waals surface area contributed by atoms with E-state index in [-0.39, 0.29) is 17.5 Å². The van der Waals surface area contributed by atoms with E-state index in [1.54, 1.807) is 13.2 Å². The Bertz CT molecular complexity index is 658. The van der Waals surface area contributed by atoms with Gasteiger partial charge in [-0.05, 0) is 26.0 Å². The maximum atomic E-state index is 11.0. The number of anilines is 1. The van der Waals surface area contributed by atoms with Crippen molar-refractivity contribution >= 4 is 11.5 Å². The largest absolute Gasteiger partial charge is 0.496 e. The summed E-state index contributed by atoms with van der Waals surface area (Å²) in [6.07, 6.45) is 1.52. The van der Waals surface area contributed by atoms with Gasteiger partial charge >= 0.3 is 5.69 Å². The molecule has 0 bridgehead atoms. The van der Waals surface area contributed by atoms with E-state index in [9.17, 15) is 10.1 Å². The van der Waals surface area contributed by atoms with Gasteiger partial charge in [-0.2, -0.15) is 0 Å². The first-order valence-corrected chi connectivity index (χ1v) is 6.53. The molecule has 1 N–H and O–H groups in total. The Morgan fingerprint density at radius 1 is 1.38 bits per heavy atom. The maximum absolute atomic E-state index is 11.0. The van der Waals surface area contributed by atoms with Gasteiger partial charge in [-0.15, -0.1) is 0 Å². The second-order valence-corrected chi connectivity index (χ2v) is 4.74. The van der Waals surface area contributed by atoms with Crippen molar-refractivity contribution in [1.82, 2.24) is 4.98 Å². The fourth-order valence-electron chi connectivity index (χ4n) is 2.13. The summed E-state index contributed by atoms with van der Waals surface area (Å²) < 4.78 is 5.34. The minimum Gasteiger partial charge on any atom is -0.496 e. The lowest BCUT2D eigenvalue weighted by atomic mass is 10.0. The number of ether oxygens (including phenoxy) is 1. The van der Waals surface area contributed by atoms with Crippen LogP contribution in [0.4, 0.5) is 11.5 Å². The normalized spacial score (nSPS) is 11.8. The van der Waals surface area contributed by atoms with Crippen molar-refractivity contribution in [1.29, 1.82) is 0 Å². The third kappa shape index (κ3) is 3.28. The first-order chi connectivity index (χ1) is 10.0. The zero-order chi connectivity index (χ0) is 15.4. The van der Waals surface area contributed by atoms with E-state index >= 15 is 0 Å². The number of rotatable bonds is 5. The first-order valence-electron chi connectivity index (χ1n) is 6.53. The maximum Gasteiger partial charge on any atom is 0.311 e. The van der Waals surface area contributed by atoms with Crippen LogP contribution in [-0.2, 0) is 0 Å². The molecule has 21 heavy (non-hydrogen) atoms. The average Bonchev–Trinajstić information content (AvgIpc) is 2.47. The fraction of sp³-hybridized carbons (Fsp3) is 0.267. The predicted octanol–water partition coefficient (Wildman–Crippen LogP) is 3.48. The second-order valence-electron chi connectivity index (χ2n) is 4.74. The predicted molar refractivity (Wildman–Crippen MR) is 80.7 cm³/mol. The van der Waals surface area contributed by atoms with E-state index in [0.717, 1.165) is 16.9 Å². The summed E-state index contributed by atoms with van der Waals surface area (Å²) in [5.74, 6) is 0.984. The first kappa shape index (κ1) is 14.8. The van der Waals surface area contributed by atoms with Gasteiger partial charge in [0.05, 0.1) is 18.1 Å². The number of methoxy groups -OCH3 is 1. The number of nitrogens with zero attached hydrogens (tertiary/aromatic N) is 2. The molecule has 0 fully saturated rings.